The molecule has 6 nitrogen and oxygen atoms in total. The van der Waals surface area contributed by atoms with Gasteiger partial charge in [0.25, 0.3) is 0 Å². The Morgan fingerprint density at radius 2 is 1.96 bits per heavy atom. The van der Waals surface area contributed by atoms with Crippen LogP contribution in [-0.4, -0.2) is 65.4 Å². The van der Waals surface area contributed by atoms with Crippen molar-refractivity contribution >= 4 is 11.9 Å². The van der Waals surface area contributed by atoms with Crippen LogP contribution < -0.4 is 5.32 Å². The van der Waals surface area contributed by atoms with Crippen molar-refractivity contribution in [3.8, 4) is 0 Å². The third-order valence-corrected chi connectivity index (χ3v) is 3.34. The Bertz CT molecular complexity index is 440. The number of alkyl halides is 3. The van der Waals surface area contributed by atoms with E-state index in [0.29, 0.717) is 13.0 Å². The molecule has 0 aromatic heterocycles. The summed E-state index contributed by atoms with van der Waals surface area (Å²) in [7, 11) is 0. The lowest BCUT2D eigenvalue weighted by atomic mass is 10.0. The van der Waals surface area contributed by atoms with E-state index < -0.39 is 23.5 Å². The van der Waals surface area contributed by atoms with E-state index in [-0.39, 0.29) is 31.8 Å². The number of β-amino-alcohol motifs (C(OH)–C–C–N with tert-alkyl or cyclic N) is 1. The van der Waals surface area contributed by atoms with Crippen LogP contribution >= 0.6 is 0 Å². The lowest BCUT2D eigenvalue weighted by molar-refractivity contribution is -0.251. The third-order valence-electron chi connectivity index (χ3n) is 3.34. The number of amides is 1. The topological polar surface area (TPSA) is 78.9 Å². The first-order chi connectivity index (χ1) is 10.3. The Kier molecular flexibility index (Phi) is 6.03. The molecule has 0 radical (unpaired) electrons. The van der Waals surface area contributed by atoms with Crippen LogP contribution in [0.25, 0.3) is 0 Å². The van der Waals surface area contributed by atoms with Crippen LogP contribution in [0.15, 0.2) is 0 Å². The summed E-state index contributed by atoms with van der Waals surface area (Å²) in [4.78, 5) is 23.7. The smallest absolute Gasteiger partial charge is 0.418 e. The summed E-state index contributed by atoms with van der Waals surface area (Å²) < 4.78 is 40.7. The SMILES string of the molecule is CC(C)(C)OC(=O)N1CCC(=O)C1.OC1(C(F)(F)F)CCNC1. The number of rotatable bonds is 0. The largest absolute Gasteiger partial charge is 0.444 e. The standard InChI is InChI=1S/C9H15NO3.C5H8F3NO/c1-9(2,3)13-8(12)10-5-4-7(11)6-10;6-5(7,8)4(10)1-2-9-3-4/h4-6H2,1-3H3;9-10H,1-3H2. The zero-order valence-corrected chi connectivity index (χ0v) is 13.5. The predicted octanol–water partition coefficient (Wildman–Crippen LogP) is 1.47. The molecule has 23 heavy (non-hydrogen) atoms. The van der Waals surface area contributed by atoms with Gasteiger partial charge in [-0.15, -0.1) is 0 Å². The summed E-state index contributed by atoms with van der Waals surface area (Å²) in [5.41, 5.74) is -2.96. The first kappa shape index (κ1) is 19.7. The zero-order chi connectivity index (χ0) is 17.9. The molecule has 0 aliphatic carbocycles. The van der Waals surface area contributed by atoms with Gasteiger partial charge in [-0.1, -0.05) is 0 Å². The molecular weight excluding hydrogens is 317 g/mol. The molecular formula is C14H23F3N2O4. The van der Waals surface area contributed by atoms with E-state index in [2.05, 4.69) is 5.32 Å². The first-order valence-electron chi connectivity index (χ1n) is 7.33. The molecule has 2 aliphatic heterocycles. The molecule has 2 aliphatic rings. The number of aliphatic hydroxyl groups is 1. The highest BCUT2D eigenvalue weighted by atomic mass is 19.4. The van der Waals surface area contributed by atoms with Gasteiger partial charge in [-0.2, -0.15) is 13.2 Å². The molecule has 2 N–H and O–H groups in total. The fraction of sp³-hybridized carbons (Fsp3) is 0.857. The lowest BCUT2D eigenvalue weighted by Gasteiger charge is -2.23. The minimum absolute atomic E-state index is 0.103. The van der Waals surface area contributed by atoms with Crippen molar-refractivity contribution in [2.45, 2.75) is 51.0 Å². The van der Waals surface area contributed by atoms with Gasteiger partial charge in [0.1, 0.15) is 5.60 Å². The Balaban J connectivity index is 0.000000238. The van der Waals surface area contributed by atoms with Crippen LogP contribution in [-0.2, 0) is 9.53 Å². The van der Waals surface area contributed by atoms with E-state index in [0.717, 1.165) is 0 Å². The number of ketones is 1. The summed E-state index contributed by atoms with van der Waals surface area (Å²) >= 11 is 0. The molecule has 2 rings (SSSR count). The molecule has 0 aromatic carbocycles. The van der Waals surface area contributed by atoms with E-state index in [4.69, 9.17) is 9.84 Å². The summed E-state index contributed by atoms with van der Waals surface area (Å²) in [6.45, 7) is 5.98. The van der Waals surface area contributed by atoms with Crippen LogP contribution in [0.5, 0.6) is 0 Å². The molecule has 0 saturated carbocycles. The maximum absolute atomic E-state index is 11.9. The molecule has 0 bridgehead atoms. The highest BCUT2D eigenvalue weighted by Gasteiger charge is 2.54. The van der Waals surface area contributed by atoms with Crippen LogP contribution in [0, 0.1) is 0 Å². The first-order valence-corrected chi connectivity index (χ1v) is 7.33. The maximum atomic E-state index is 11.9. The monoisotopic (exact) mass is 340 g/mol. The molecule has 1 unspecified atom stereocenters. The van der Waals surface area contributed by atoms with Crippen molar-refractivity contribution in [2.24, 2.45) is 0 Å². The second kappa shape index (κ2) is 7.04. The number of carbonyl (C=O) groups is 2. The molecule has 2 heterocycles. The third kappa shape index (κ3) is 5.98. The van der Waals surface area contributed by atoms with Crippen molar-refractivity contribution in [3.63, 3.8) is 0 Å². The van der Waals surface area contributed by atoms with Gasteiger partial charge in [-0.25, -0.2) is 4.79 Å². The second-order valence-electron chi connectivity index (χ2n) is 6.65. The zero-order valence-electron chi connectivity index (χ0n) is 13.5. The average Bonchev–Trinajstić information content (AvgIpc) is 2.96. The van der Waals surface area contributed by atoms with E-state index >= 15 is 0 Å². The number of nitrogens with zero attached hydrogens (tertiary/aromatic N) is 1. The van der Waals surface area contributed by atoms with Crippen molar-refractivity contribution in [1.29, 1.82) is 0 Å². The van der Waals surface area contributed by atoms with Crippen molar-refractivity contribution in [2.75, 3.05) is 26.2 Å². The highest BCUT2D eigenvalue weighted by molar-refractivity contribution is 5.87. The summed E-state index contributed by atoms with van der Waals surface area (Å²) in [5.74, 6) is 0.103. The average molecular weight is 340 g/mol. The molecule has 0 aromatic rings. The normalized spacial score (nSPS) is 25.2. The molecule has 2 fully saturated rings. The number of hydrogen-bond donors (Lipinski definition) is 2. The van der Waals surface area contributed by atoms with Gasteiger partial charge in [0.15, 0.2) is 11.4 Å². The summed E-state index contributed by atoms with van der Waals surface area (Å²) in [6.07, 6.45) is -4.66. The Labute approximate surface area is 133 Å². The summed E-state index contributed by atoms with van der Waals surface area (Å²) in [5, 5.41) is 11.3. The fourth-order valence-corrected chi connectivity index (χ4v) is 2.03. The number of likely N-dealkylation sites (tertiary alicyclic amines) is 1. The molecule has 1 amide bonds. The van der Waals surface area contributed by atoms with Gasteiger partial charge in [0, 0.05) is 19.5 Å². The van der Waals surface area contributed by atoms with Crippen LogP contribution in [0.3, 0.4) is 0 Å². The number of ether oxygens (including phenoxy) is 1. The quantitative estimate of drug-likeness (QED) is 0.698. The summed E-state index contributed by atoms with van der Waals surface area (Å²) in [6, 6.07) is 0. The van der Waals surface area contributed by atoms with Crippen LogP contribution in [0.1, 0.15) is 33.6 Å². The van der Waals surface area contributed by atoms with E-state index in [1.54, 1.807) is 0 Å². The van der Waals surface area contributed by atoms with Crippen molar-refractivity contribution in [1.82, 2.24) is 10.2 Å². The molecule has 9 heteroatoms. The maximum Gasteiger partial charge on any atom is 0.418 e. The van der Waals surface area contributed by atoms with Crippen LogP contribution in [0.4, 0.5) is 18.0 Å². The van der Waals surface area contributed by atoms with E-state index in [9.17, 15) is 22.8 Å². The van der Waals surface area contributed by atoms with Gasteiger partial charge in [-0.05, 0) is 33.7 Å². The Hall–Kier alpha value is -1.35. The van der Waals surface area contributed by atoms with Crippen molar-refractivity contribution < 1.29 is 32.6 Å². The minimum atomic E-state index is -4.49. The fourth-order valence-electron chi connectivity index (χ4n) is 2.03. The Morgan fingerprint density at radius 3 is 2.26 bits per heavy atom. The van der Waals surface area contributed by atoms with Gasteiger partial charge in [0.2, 0.25) is 0 Å². The number of nitrogens with one attached hydrogen (secondary N) is 1. The molecule has 0 spiro atoms. The molecule has 1 atom stereocenters. The number of halogens is 3. The predicted molar refractivity (Wildman–Crippen MR) is 75.9 cm³/mol. The van der Waals surface area contributed by atoms with Gasteiger partial charge in [-0.3, -0.25) is 4.79 Å². The van der Waals surface area contributed by atoms with Gasteiger partial charge >= 0.3 is 12.3 Å². The van der Waals surface area contributed by atoms with Crippen LogP contribution in [0.2, 0.25) is 0 Å². The number of Topliss-reactive ketones (excluding diaryl/α,β-unsaturated/α-hetero) is 1. The van der Waals surface area contributed by atoms with Gasteiger partial charge in [0.05, 0.1) is 6.54 Å². The molecule has 134 valence electrons. The number of hydrogen-bond acceptors (Lipinski definition) is 5. The van der Waals surface area contributed by atoms with E-state index in [1.807, 2.05) is 20.8 Å². The number of carbonyl (C=O) groups excluding carboxylic acids is 2. The Morgan fingerprint density at radius 1 is 1.35 bits per heavy atom. The van der Waals surface area contributed by atoms with Gasteiger partial charge < -0.3 is 20.1 Å². The molecule has 2 saturated heterocycles. The minimum Gasteiger partial charge on any atom is -0.444 e. The highest BCUT2D eigenvalue weighted by Crippen LogP contribution is 2.34. The van der Waals surface area contributed by atoms with Crippen molar-refractivity contribution in [3.05, 3.63) is 0 Å². The van der Waals surface area contributed by atoms with E-state index in [1.165, 1.54) is 4.90 Å². The second-order valence-corrected chi connectivity index (χ2v) is 6.65. The lowest BCUT2D eigenvalue weighted by Crippen LogP contribution is -2.46.